The van der Waals surface area contributed by atoms with Gasteiger partial charge in [0.05, 0.1) is 26.9 Å². The Kier molecular flexibility index (Phi) is 5.30. The van der Waals surface area contributed by atoms with Crippen molar-refractivity contribution in [2.24, 2.45) is 0 Å². The number of carbonyl (C=O) groups excluding carboxylic acids is 1. The molecule has 0 radical (unpaired) electrons. The molecule has 0 aliphatic heterocycles. The van der Waals surface area contributed by atoms with E-state index < -0.39 is 15.9 Å². The average Bonchev–Trinajstić information content (AvgIpc) is 2.60. The third-order valence-corrected chi connectivity index (χ3v) is 4.59. The molecular weight excluding hydrogens is 334 g/mol. The molecule has 0 aromatic heterocycles. The summed E-state index contributed by atoms with van der Waals surface area (Å²) < 4.78 is 42.3. The Balaban J connectivity index is 2.40. The van der Waals surface area contributed by atoms with Crippen LogP contribution in [0.5, 0.6) is 17.2 Å². The van der Waals surface area contributed by atoms with Crippen LogP contribution in [0.4, 0.5) is 0 Å². The van der Waals surface area contributed by atoms with E-state index in [9.17, 15) is 13.2 Å². The lowest BCUT2D eigenvalue weighted by Crippen LogP contribution is -2.31. The van der Waals surface area contributed by atoms with Gasteiger partial charge in [0.1, 0.15) is 22.1 Å². The van der Waals surface area contributed by atoms with Gasteiger partial charge in [-0.3, -0.25) is 4.79 Å². The van der Waals surface area contributed by atoms with Crippen molar-refractivity contribution in [2.45, 2.75) is 4.90 Å². The molecule has 0 unspecified atom stereocenters. The minimum Gasteiger partial charge on any atom is -0.497 e. The van der Waals surface area contributed by atoms with E-state index in [2.05, 4.69) is 0 Å². The molecular formula is C16H17NO6S. The summed E-state index contributed by atoms with van der Waals surface area (Å²) in [6.07, 6.45) is 0. The molecule has 8 heteroatoms. The van der Waals surface area contributed by atoms with Crippen LogP contribution in [0.2, 0.25) is 0 Å². The van der Waals surface area contributed by atoms with Crippen LogP contribution in [0.3, 0.4) is 0 Å². The topological polar surface area (TPSA) is 90.9 Å². The van der Waals surface area contributed by atoms with Gasteiger partial charge in [-0.25, -0.2) is 13.1 Å². The van der Waals surface area contributed by atoms with E-state index in [4.69, 9.17) is 14.2 Å². The quantitative estimate of drug-likeness (QED) is 0.854. The Morgan fingerprint density at radius 3 is 2.21 bits per heavy atom. The number of rotatable bonds is 6. The molecule has 1 amide bonds. The zero-order chi connectivity index (χ0) is 17.7. The SMILES string of the molecule is COc1ccc(OC)c(S(=O)(=O)NC(=O)c2ccccc2OC)c1. The molecule has 0 saturated carbocycles. The maximum atomic E-state index is 12.6. The van der Waals surface area contributed by atoms with Crippen LogP contribution in [-0.4, -0.2) is 35.7 Å². The monoisotopic (exact) mass is 351 g/mol. The molecule has 24 heavy (non-hydrogen) atoms. The summed E-state index contributed by atoms with van der Waals surface area (Å²) in [7, 11) is -0.0290. The summed E-state index contributed by atoms with van der Waals surface area (Å²) in [4.78, 5) is 12.1. The van der Waals surface area contributed by atoms with E-state index in [1.807, 2.05) is 4.72 Å². The number of benzene rings is 2. The fraction of sp³-hybridized carbons (Fsp3) is 0.188. The average molecular weight is 351 g/mol. The van der Waals surface area contributed by atoms with Crippen LogP contribution in [0, 0.1) is 0 Å². The van der Waals surface area contributed by atoms with E-state index in [1.165, 1.54) is 39.5 Å². The summed E-state index contributed by atoms with van der Waals surface area (Å²) in [5.41, 5.74) is 0.102. The first kappa shape index (κ1) is 17.6. The zero-order valence-corrected chi connectivity index (χ0v) is 14.2. The van der Waals surface area contributed by atoms with Crippen LogP contribution < -0.4 is 18.9 Å². The fourth-order valence-corrected chi connectivity index (χ4v) is 3.21. The third-order valence-electron chi connectivity index (χ3n) is 3.24. The van der Waals surface area contributed by atoms with E-state index in [-0.39, 0.29) is 22.0 Å². The Bertz CT molecular complexity index is 847. The molecule has 0 heterocycles. The number of methoxy groups -OCH3 is 3. The first-order valence-electron chi connectivity index (χ1n) is 6.85. The van der Waals surface area contributed by atoms with Gasteiger partial charge in [0, 0.05) is 6.07 Å². The molecule has 1 N–H and O–H groups in total. The highest BCUT2D eigenvalue weighted by molar-refractivity contribution is 7.90. The Morgan fingerprint density at radius 1 is 0.917 bits per heavy atom. The van der Waals surface area contributed by atoms with Crippen molar-refractivity contribution in [2.75, 3.05) is 21.3 Å². The fourth-order valence-electron chi connectivity index (χ4n) is 2.06. The second-order valence-corrected chi connectivity index (χ2v) is 6.30. The molecule has 0 aliphatic rings. The van der Waals surface area contributed by atoms with Crippen molar-refractivity contribution in [3.8, 4) is 17.2 Å². The van der Waals surface area contributed by atoms with Gasteiger partial charge in [-0.15, -0.1) is 0 Å². The summed E-state index contributed by atoms with van der Waals surface area (Å²) in [5, 5.41) is 0. The number of hydrogen-bond acceptors (Lipinski definition) is 6. The van der Waals surface area contributed by atoms with Crippen LogP contribution in [0.1, 0.15) is 10.4 Å². The molecule has 0 saturated heterocycles. The highest BCUT2D eigenvalue weighted by Crippen LogP contribution is 2.28. The van der Waals surface area contributed by atoms with E-state index >= 15 is 0 Å². The van der Waals surface area contributed by atoms with Crippen molar-refractivity contribution < 1.29 is 27.4 Å². The van der Waals surface area contributed by atoms with Crippen LogP contribution in [0.25, 0.3) is 0 Å². The van der Waals surface area contributed by atoms with Crippen molar-refractivity contribution >= 4 is 15.9 Å². The molecule has 0 spiro atoms. The highest BCUT2D eigenvalue weighted by Gasteiger charge is 2.25. The van der Waals surface area contributed by atoms with Gasteiger partial charge in [-0.05, 0) is 24.3 Å². The second kappa shape index (κ2) is 7.22. The Hall–Kier alpha value is -2.74. The smallest absolute Gasteiger partial charge is 0.268 e. The summed E-state index contributed by atoms with van der Waals surface area (Å²) >= 11 is 0. The van der Waals surface area contributed by atoms with Crippen LogP contribution in [-0.2, 0) is 10.0 Å². The van der Waals surface area contributed by atoms with Crippen molar-refractivity contribution in [3.05, 3.63) is 48.0 Å². The number of carbonyl (C=O) groups is 1. The third kappa shape index (κ3) is 3.60. The number of para-hydroxylation sites is 1. The van der Waals surface area contributed by atoms with Crippen LogP contribution >= 0.6 is 0 Å². The largest absolute Gasteiger partial charge is 0.497 e. The number of hydrogen-bond donors (Lipinski definition) is 1. The molecule has 7 nitrogen and oxygen atoms in total. The van der Waals surface area contributed by atoms with E-state index in [1.54, 1.807) is 24.3 Å². The van der Waals surface area contributed by atoms with Crippen molar-refractivity contribution in [1.29, 1.82) is 0 Å². The van der Waals surface area contributed by atoms with Gasteiger partial charge in [0.15, 0.2) is 0 Å². The second-order valence-electron chi connectivity index (χ2n) is 4.65. The van der Waals surface area contributed by atoms with Crippen molar-refractivity contribution in [1.82, 2.24) is 4.72 Å². The molecule has 0 fully saturated rings. The minimum absolute atomic E-state index is 0.0936. The highest BCUT2D eigenvalue weighted by atomic mass is 32.2. The van der Waals surface area contributed by atoms with Crippen molar-refractivity contribution in [3.63, 3.8) is 0 Å². The lowest BCUT2D eigenvalue weighted by Gasteiger charge is -2.13. The van der Waals surface area contributed by atoms with Gasteiger partial charge < -0.3 is 14.2 Å². The molecule has 0 bridgehead atoms. The Morgan fingerprint density at radius 2 is 1.58 bits per heavy atom. The van der Waals surface area contributed by atoms with Gasteiger partial charge in [-0.2, -0.15) is 0 Å². The minimum atomic E-state index is -4.17. The summed E-state index contributed by atoms with van der Waals surface area (Å²) in [6.45, 7) is 0. The van der Waals surface area contributed by atoms with Gasteiger partial charge in [0.25, 0.3) is 15.9 Å². The maximum absolute atomic E-state index is 12.6. The standard InChI is InChI=1S/C16H17NO6S/c1-21-11-8-9-14(23-3)15(10-11)24(19,20)17-16(18)12-6-4-5-7-13(12)22-2/h4-10H,1-3H3,(H,17,18). The lowest BCUT2D eigenvalue weighted by molar-refractivity contribution is 0.0978. The molecule has 0 atom stereocenters. The van der Waals surface area contributed by atoms with Gasteiger partial charge in [-0.1, -0.05) is 12.1 Å². The number of sulfonamides is 1. The predicted octanol–water partition coefficient (Wildman–Crippen LogP) is 1.83. The first-order chi connectivity index (χ1) is 11.4. The maximum Gasteiger partial charge on any atom is 0.268 e. The number of ether oxygens (including phenoxy) is 3. The van der Waals surface area contributed by atoms with E-state index in [0.29, 0.717) is 5.75 Å². The first-order valence-corrected chi connectivity index (χ1v) is 8.33. The molecule has 128 valence electrons. The predicted molar refractivity (Wildman–Crippen MR) is 87.2 cm³/mol. The molecule has 2 aromatic carbocycles. The zero-order valence-electron chi connectivity index (χ0n) is 13.4. The lowest BCUT2D eigenvalue weighted by atomic mass is 10.2. The molecule has 2 aromatic rings. The van der Waals surface area contributed by atoms with Crippen LogP contribution in [0.15, 0.2) is 47.4 Å². The van der Waals surface area contributed by atoms with Gasteiger partial charge >= 0.3 is 0 Å². The van der Waals surface area contributed by atoms with Gasteiger partial charge in [0.2, 0.25) is 0 Å². The molecule has 0 aliphatic carbocycles. The Labute approximate surface area is 140 Å². The number of amides is 1. The summed E-state index contributed by atoms with van der Waals surface area (Å²) in [5.74, 6) is -0.128. The normalized spacial score (nSPS) is 10.8. The number of nitrogens with one attached hydrogen (secondary N) is 1. The van der Waals surface area contributed by atoms with E-state index in [0.717, 1.165) is 0 Å². The molecule has 2 rings (SSSR count). The summed E-state index contributed by atoms with van der Waals surface area (Å²) in [6, 6.07) is 10.6.